The van der Waals surface area contributed by atoms with E-state index in [0.29, 0.717) is 17.2 Å². The second kappa shape index (κ2) is 8.55. The molecule has 0 aliphatic carbocycles. The summed E-state index contributed by atoms with van der Waals surface area (Å²) in [6, 6.07) is 6.55. The van der Waals surface area contributed by atoms with Crippen molar-refractivity contribution in [1.82, 2.24) is 4.90 Å². The van der Waals surface area contributed by atoms with Crippen LogP contribution in [0.15, 0.2) is 24.3 Å². The lowest BCUT2D eigenvalue weighted by molar-refractivity contribution is -0.143. The molecule has 5 nitrogen and oxygen atoms in total. The van der Waals surface area contributed by atoms with Crippen molar-refractivity contribution >= 4 is 23.5 Å². The van der Waals surface area contributed by atoms with Gasteiger partial charge in [-0.1, -0.05) is 17.7 Å². The molecule has 6 heteroatoms. The number of rotatable bonds is 7. The zero-order valence-electron chi connectivity index (χ0n) is 11.3. The Balaban J connectivity index is 2.69. The zero-order chi connectivity index (χ0) is 15.0. The molecule has 0 atom stereocenters. The fraction of sp³-hybridized carbons (Fsp3) is 0.429. The second-order valence-electron chi connectivity index (χ2n) is 4.08. The second-order valence-corrected chi connectivity index (χ2v) is 4.52. The van der Waals surface area contributed by atoms with Crippen LogP contribution >= 0.6 is 11.6 Å². The molecule has 110 valence electrons. The molecule has 1 N–H and O–H groups in total. The molecule has 0 radical (unpaired) electrons. The van der Waals surface area contributed by atoms with Gasteiger partial charge < -0.3 is 14.7 Å². The molecule has 1 aromatic carbocycles. The minimum absolute atomic E-state index is 0.0974. The normalized spacial score (nSPS) is 10.2. The summed E-state index contributed by atoms with van der Waals surface area (Å²) in [5, 5.41) is 9.48. The van der Waals surface area contributed by atoms with Gasteiger partial charge in [-0.3, -0.25) is 9.59 Å². The van der Waals surface area contributed by atoms with Crippen molar-refractivity contribution < 1.29 is 19.4 Å². The molecule has 1 amide bonds. The minimum atomic E-state index is -0.366. The lowest BCUT2D eigenvalue weighted by Crippen LogP contribution is -2.35. The molecular formula is C14H18ClNO4. The van der Waals surface area contributed by atoms with E-state index in [1.165, 1.54) is 4.90 Å². The fourth-order valence-electron chi connectivity index (χ4n) is 1.70. The van der Waals surface area contributed by atoms with E-state index in [-0.39, 0.29) is 38.0 Å². The van der Waals surface area contributed by atoms with Crippen LogP contribution in [0.1, 0.15) is 23.7 Å². The lowest BCUT2D eigenvalue weighted by Gasteiger charge is -2.21. The van der Waals surface area contributed by atoms with Gasteiger partial charge in [0.15, 0.2) is 0 Å². The average Bonchev–Trinajstić information content (AvgIpc) is 2.43. The summed E-state index contributed by atoms with van der Waals surface area (Å²) < 4.78 is 4.81. The van der Waals surface area contributed by atoms with Crippen molar-refractivity contribution in [2.24, 2.45) is 0 Å². The molecule has 0 saturated carbocycles. The van der Waals surface area contributed by atoms with Gasteiger partial charge in [0.25, 0.3) is 5.91 Å². The van der Waals surface area contributed by atoms with E-state index in [1.807, 2.05) is 0 Å². The molecule has 0 saturated heterocycles. The minimum Gasteiger partial charge on any atom is -0.466 e. The summed E-state index contributed by atoms with van der Waals surface area (Å²) in [5.74, 6) is -0.639. The fourth-order valence-corrected chi connectivity index (χ4v) is 1.89. The van der Waals surface area contributed by atoms with Gasteiger partial charge in [-0.25, -0.2) is 0 Å². The number of ether oxygens (including phenoxy) is 1. The molecule has 1 aromatic rings. The predicted octanol–water partition coefficient (Wildman–Crippen LogP) is 1.73. The van der Waals surface area contributed by atoms with Crippen LogP contribution in [0.5, 0.6) is 0 Å². The van der Waals surface area contributed by atoms with Crippen LogP contribution in [0.25, 0.3) is 0 Å². The Hall–Kier alpha value is -1.59. The number of hydrogen-bond donors (Lipinski definition) is 1. The number of aliphatic hydroxyl groups is 1. The summed E-state index contributed by atoms with van der Waals surface area (Å²) in [7, 11) is 0. The summed E-state index contributed by atoms with van der Waals surface area (Å²) in [4.78, 5) is 25.0. The van der Waals surface area contributed by atoms with Crippen molar-refractivity contribution in [3.8, 4) is 0 Å². The highest BCUT2D eigenvalue weighted by Crippen LogP contribution is 2.13. The SMILES string of the molecule is CCOC(=O)CCN(CCO)C(=O)c1cccc(Cl)c1. The predicted molar refractivity (Wildman–Crippen MR) is 75.7 cm³/mol. The van der Waals surface area contributed by atoms with E-state index in [1.54, 1.807) is 31.2 Å². The molecule has 0 fully saturated rings. The van der Waals surface area contributed by atoms with Crippen molar-refractivity contribution in [2.45, 2.75) is 13.3 Å². The Kier molecular flexibility index (Phi) is 7.04. The average molecular weight is 300 g/mol. The van der Waals surface area contributed by atoms with Gasteiger partial charge >= 0.3 is 5.97 Å². The van der Waals surface area contributed by atoms with Gasteiger partial charge in [-0.2, -0.15) is 0 Å². The molecule has 0 aromatic heterocycles. The molecule has 0 aliphatic heterocycles. The maximum atomic E-state index is 12.3. The van der Waals surface area contributed by atoms with Crippen LogP contribution in [0.3, 0.4) is 0 Å². The number of amides is 1. The quantitative estimate of drug-likeness (QED) is 0.779. The number of nitrogens with zero attached hydrogens (tertiary/aromatic N) is 1. The number of halogens is 1. The van der Waals surface area contributed by atoms with E-state index >= 15 is 0 Å². The first-order valence-electron chi connectivity index (χ1n) is 6.39. The molecule has 0 unspecified atom stereocenters. The molecule has 1 rings (SSSR count). The Morgan fingerprint density at radius 1 is 1.35 bits per heavy atom. The van der Waals surface area contributed by atoms with E-state index < -0.39 is 0 Å². The van der Waals surface area contributed by atoms with Crippen LogP contribution < -0.4 is 0 Å². The first-order valence-corrected chi connectivity index (χ1v) is 6.77. The monoisotopic (exact) mass is 299 g/mol. The van der Waals surface area contributed by atoms with Gasteiger partial charge in [0.2, 0.25) is 0 Å². The van der Waals surface area contributed by atoms with Gasteiger partial charge in [0.1, 0.15) is 0 Å². The number of hydrogen-bond acceptors (Lipinski definition) is 4. The van der Waals surface area contributed by atoms with E-state index in [2.05, 4.69) is 0 Å². The smallest absolute Gasteiger partial charge is 0.307 e. The summed E-state index contributed by atoms with van der Waals surface area (Å²) >= 11 is 5.85. The Morgan fingerprint density at radius 3 is 2.70 bits per heavy atom. The van der Waals surface area contributed by atoms with Crippen LogP contribution in [-0.4, -0.2) is 48.2 Å². The highest BCUT2D eigenvalue weighted by atomic mass is 35.5. The van der Waals surface area contributed by atoms with Gasteiger partial charge in [-0.15, -0.1) is 0 Å². The van der Waals surface area contributed by atoms with Crippen molar-refractivity contribution in [3.05, 3.63) is 34.9 Å². The van der Waals surface area contributed by atoms with E-state index in [0.717, 1.165) is 0 Å². The molecule has 0 bridgehead atoms. The first-order chi connectivity index (χ1) is 9.58. The highest BCUT2D eigenvalue weighted by Gasteiger charge is 2.17. The summed E-state index contributed by atoms with van der Waals surface area (Å²) in [6.07, 6.45) is 0.0974. The number of esters is 1. The summed E-state index contributed by atoms with van der Waals surface area (Å²) in [6.45, 7) is 2.21. The third-order valence-corrected chi connectivity index (χ3v) is 2.85. The summed E-state index contributed by atoms with van der Waals surface area (Å²) in [5.41, 5.74) is 0.426. The number of carbonyl (C=O) groups excluding carboxylic acids is 2. The molecule has 0 heterocycles. The van der Waals surface area contributed by atoms with Crippen molar-refractivity contribution in [3.63, 3.8) is 0 Å². The number of aliphatic hydroxyl groups excluding tert-OH is 1. The molecule has 0 spiro atoms. The molecule has 0 aliphatic rings. The third kappa shape index (κ3) is 5.19. The Bertz CT molecular complexity index is 464. The number of carbonyl (C=O) groups is 2. The van der Waals surface area contributed by atoms with Crippen LogP contribution in [0.4, 0.5) is 0 Å². The standard InChI is InChI=1S/C14H18ClNO4/c1-2-20-13(18)6-7-16(8-9-17)14(19)11-4-3-5-12(15)10-11/h3-5,10,17H,2,6-9H2,1H3. The van der Waals surface area contributed by atoms with Crippen LogP contribution in [0.2, 0.25) is 5.02 Å². The topological polar surface area (TPSA) is 66.8 Å². The van der Waals surface area contributed by atoms with Crippen LogP contribution in [-0.2, 0) is 9.53 Å². The molecule has 20 heavy (non-hydrogen) atoms. The van der Waals surface area contributed by atoms with E-state index in [4.69, 9.17) is 21.4 Å². The largest absolute Gasteiger partial charge is 0.466 e. The van der Waals surface area contributed by atoms with Gasteiger partial charge in [0, 0.05) is 23.7 Å². The van der Waals surface area contributed by atoms with Crippen molar-refractivity contribution in [1.29, 1.82) is 0 Å². The van der Waals surface area contributed by atoms with Crippen molar-refractivity contribution in [2.75, 3.05) is 26.3 Å². The third-order valence-electron chi connectivity index (χ3n) is 2.62. The Morgan fingerprint density at radius 2 is 2.10 bits per heavy atom. The van der Waals surface area contributed by atoms with Gasteiger partial charge in [0.05, 0.1) is 19.6 Å². The number of benzene rings is 1. The lowest BCUT2D eigenvalue weighted by atomic mass is 10.2. The van der Waals surface area contributed by atoms with Crippen LogP contribution in [0, 0.1) is 0 Å². The maximum Gasteiger partial charge on any atom is 0.307 e. The van der Waals surface area contributed by atoms with Gasteiger partial charge in [-0.05, 0) is 25.1 Å². The highest BCUT2D eigenvalue weighted by molar-refractivity contribution is 6.30. The Labute approximate surface area is 123 Å². The van der Waals surface area contributed by atoms with E-state index in [9.17, 15) is 9.59 Å². The maximum absolute atomic E-state index is 12.3. The first kappa shape index (κ1) is 16.5. The molecular weight excluding hydrogens is 282 g/mol. The zero-order valence-corrected chi connectivity index (χ0v) is 12.1.